The number of hydrogen-bond acceptors (Lipinski definition) is 3. The number of rotatable bonds is 4. The van der Waals surface area contributed by atoms with E-state index in [1.54, 1.807) is 0 Å². The van der Waals surface area contributed by atoms with E-state index < -0.39 is 17.9 Å². The first-order chi connectivity index (χ1) is 9.50. The van der Waals surface area contributed by atoms with Crippen molar-refractivity contribution in [1.29, 1.82) is 0 Å². The fourth-order valence-corrected chi connectivity index (χ4v) is 3.22. The van der Waals surface area contributed by atoms with Crippen LogP contribution < -0.4 is 5.32 Å². The minimum Gasteiger partial charge on any atom is -0.277 e. The molecule has 4 amide bonds. The van der Waals surface area contributed by atoms with Crippen LogP contribution in [0.25, 0.3) is 0 Å². The molecule has 0 radical (unpaired) electrons. The van der Waals surface area contributed by atoms with E-state index in [0.29, 0.717) is 12.5 Å². The predicted molar refractivity (Wildman–Crippen MR) is 74.8 cm³/mol. The Labute approximate surface area is 120 Å². The van der Waals surface area contributed by atoms with Gasteiger partial charge in [-0.25, -0.2) is 4.79 Å². The number of imide groups is 2. The van der Waals surface area contributed by atoms with Crippen LogP contribution in [-0.4, -0.2) is 29.3 Å². The molecule has 2 fully saturated rings. The molecule has 20 heavy (non-hydrogen) atoms. The minimum atomic E-state index is -0.723. The van der Waals surface area contributed by atoms with Gasteiger partial charge in [0.1, 0.15) is 5.92 Å². The Hall–Kier alpha value is -1.39. The van der Waals surface area contributed by atoms with Crippen LogP contribution in [0.4, 0.5) is 4.79 Å². The van der Waals surface area contributed by atoms with Gasteiger partial charge in [0.2, 0.25) is 11.8 Å². The average molecular weight is 280 g/mol. The zero-order chi connectivity index (χ0) is 14.7. The van der Waals surface area contributed by atoms with E-state index in [0.717, 1.165) is 6.42 Å². The Balaban J connectivity index is 1.96. The van der Waals surface area contributed by atoms with Gasteiger partial charge < -0.3 is 0 Å². The van der Waals surface area contributed by atoms with Gasteiger partial charge in [0.15, 0.2) is 0 Å². The topological polar surface area (TPSA) is 66.5 Å². The van der Waals surface area contributed by atoms with Crippen molar-refractivity contribution in [2.24, 2.45) is 17.8 Å². The zero-order valence-electron chi connectivity index (χ0n) is 12.4. The van der Waals surface area contributed by atoms with Gasteiger partial charge in [-0.15, -0.1) is 0 Å². The number of amides is 4. The molecule has 1 atom stereocenters. The fourth-order valence-electron chi connectivity index (χ4n) is 3.22. The van der Waals surface area contributed by atoms with Crippen molar-refractivity contribution in [3.8, 4) is 0 Å². The molecule has 1 saturated heterocycles. The van der Waals surface area contributed by atoms with Crippen molar-refractivity contribution in [3.63, 3.8) is 0 Å². The molecule has 0 bridgehead atoms. The molecule has 1 heterocycles. The Kier molecular flexibility index (Phi) is 4.78. The highest BCUT2D eigenvalue weighted by atomic mass is 16.2. The van der Waals surface area contributed by atoms with E-state index >= 15 is 0 Å². The summed E-state index contributed by atoms with van der Waals surface area (Å²) in [5, 5.41) is 2.31. The molecule has 2 rings (SSSR count). The maximum absolute atomic E-state index is 12.3. The smallest absolute Gasteiger partial charge is 0.277 e. The van der Waals surface area contributed by atoms with Gasteiger partial charge in [0.25, 0.3) is 0 Å². The van der Waals surface area contributed by atoms with E-state index in [2.05, 4.69) is 5.32 Å². The average Bonchev–Trinajstić information content (AvgIpc) is 2.38. The lowest BCUT2D eigenvalue weighted by Crippen LogP contribution is -2.59. The molecule has 1 unspecified atom stereocenters. The third kappa shape index (κ3) is 3.19. The molecule has 5 nitrogen and oxygen atoms in total. The zero-order valence-corrected chi connectivity index (χ0v) is 12.4. The number of hydrogen-bond donors (Lipinski definition) is 1. The lowest BCUT2D eigenvalue weighted by atomic mass is 9.86. The monoisotopic (exact) mass is 280 g/mol. The van der Waals surface area contributed by atoms with Crippen LogP contribution >= 0.6 is 0 Å². The summed E-state index contributed by atoms with van der Waals surface area (Å²) in [5.41, 5.74) is 0. The van der Waals surface area contributed by atoms with Gasteiger partial charge in [0, 0.05) is 6.54 Å². The van der Waals surface area contributed by atoms with Crippen LogP contribution in [0.1, 0.15) is 52.4 Å². The van der Waals surface area contributed by atoms with Gasteiger partial charge >= 0.3 is 6.03 Å². The van der Waals surface area contributed by atoms with Crippen molar-refractivity contribution in [3.05, 3.63) is 0 Å². The highest BCUT2D eigenvalue weighted by molar-refractivity contribution is 6.16. The highest BCUT2D eigenvalue weighted by Gasteiger charge is 2.41. The van der Waals surface area contributed by atoms with Crippen molar-refractivity contribution < 1.29 is 14.4 Å². The second-order valence-corrected chi connectivity index (χ2v) is 6.30. The lowest BCUT2D eigenvalue weighted by Gasteiger charge is -2.33. The van der Waals surface area contributed by atoms with Crippen molar-refractivity contribution >= 4 is 17.8 Å². The summed E-state index contributed by atoms with van der Waals surface area (Å²) in [7, 11) is 0. The van der Waals surface area contributed by atoms with Crippen LogP contribution in [0.5, 0.6) is 0 Å². The fraction of sp³-hybridized carbons (Fsp3) is 0.800. The summed E-state index contributed by atoms with van der Waals surface area (Å²) in [4.78, 5) is 37.1. The third-order valence-electron chi connectivity index (χ3n) is 4.44. The molecule has 1 aliphatic heterocycles. The van der Waals surface area contributed by atoms with Crippen LogP contribution in [0.2, 0.25) is 0 Å². The maximum atomic E-state index is 12.3. The molecular weight excluding hydrogens is 256 g/mol. The van der Waals surface area contributed by atoms with Crippen LogP contribution in [0.3, 0.4) is 0 Å². The van der Waals surface area contributed by atoms with E-state index in [-0.39, 0.29) is 11.8 Å². The Morgan fingerprint density at radius 1 is 1.15 bits per heavy atom. The van der Waals surface area contributed by atoms with E-state index in [1.807, 2.05) is 13.8 Å². The molecule has 1 saturated carbocycles. The molecule has 112 valence electrons. The first kappa shape index (κ1) is 15.0. The van der Waals surface area contributed by atoms with Crippen LogP contribution in [0, 0.1) is 17.8 Å². The van der Waals surface area contributed by atoms with E-state index in [1.165, 1.54) is 37.0 Å². The highest BCUT2D eigenvalue weighted by Crippen LogP contribution is 2.27. The van der Waals surface area contributed by atoms with Gasteiger partial charge in [0.05, 0.1) is 0 Å². The summed E-state index contributed by atoms with van der Waals surface area (Å²) in [6, 6.07) is -0.548. The Bertz CT molecular complexity index is 400. The van der Waals surface area contributed by atoms with E-state index in [9.17, 15) is 14.4 Å². The van der Waals surface area contributed by atoms with Gasteiger partial charge in [-0.05, 0) is 18.3 Å². The number of carbonyl (C=O) groups excluding carboxylic acids is 3. The normalized spacial score (nSPS) is 25.2. The number of carbonyl (C=O) groups is 3. The molecular formula is C15H24N2O3. The quantitative estimate of drug-likeness (QED) is 0.804. The SMILES string of the molecule is CC(C)C1C(=O)NC(=O)N(CCC2CCCCC2)C1=O. The first-order valence-corrected chi connectivity index (χ1v) is 7.67. The van der Waals surface area contributed by atoms with Crippen LogP contribution in [-0.2, 0) is 9.59 Å². The van der Waals surface area contributed by atoms with Crippen molar-refractivity contribution in [2.45, 2.75) is 52.4 Å². The van der Waals surface area contributed by atoms with Crippen LogP contribution in [0.15, 0.2) is 0 Å². The minimum absolute atomic E-state index is 0.0900. The Morgan fingerprint density at radius 3 is 2.40 bits per heavy atom. The second kappa shape index (κ2) is 6.37. The Morgan fingerprint density at radius 2 is 1.80 bits per heavy atom. The number of nitrogens with one attached hydrogen (secondary N) is 1. The lowest BCUT2D eigenvalue weighted by molar-refractivity contribution is -0.144. The van der Waals surface area contributed by atoms with Gasteiger partial charge in [-0.1, -0.05) is 46.0 Å². The molecule has 0 spiro atoms. The first-order valence-electron chi connectivity index (χ1n) is 7.67. The summed E-state index contributed by atoms with van der Waals surface area (Å²) in [6.07, 6.45) is 7.03. The van der Waals surface area contributed by atoms with Gasteiger partial charge in [-0.2, -0.15) is 0 Å². The maximum Gasteiger partial charge on any atom is 0.330 e. The standard InChI is InChI=1S/C15H24N2O3/c1-10(2)12-13(18)16-15(20)17(14(12)19)9-8-11-6-4-3-5-7-11/h10-12H,3-9H2,1-2H3,(H,16,18,20). The summed E-state index contributed by atoms with van der Waals surface area (Å²) in [6.45, 7) is 4.10. The molecule has 1 aliphatic carbocycles. The molecule has 2 aliphatic rings. The summed E-state index contributed by atoms with van der Waals surface area (Å²) >= 11 is 0. The van der Waals surface area contributed by atoms with Gasteiger partial charge in [-0.3, -0.25) is 19.8 Å². The predicted octanol–water partition coefficient (Wildman–Crippen LogP) is 2.31. The summed E-state index contributed by atoms with van der Waals surface area (Å²) in [5.74, 6) is -0.986. The second-order valence-electron chi connectivity index (χ2n) is 6.30. The number of barbiturate groups is 1. The summed E-state index contributed by atoms with van der Waals surface area (Å²) < 4.78 is 0. The van der Waals surface area contributed by atoms with E-state index in [4.69, 9.17) is 0 Å². The van der Waals surface area contributed by atoms with Crippen molar-refractivity contribution in [2.75, 3.05) is 6.54 Å². The largest absolute Gasteiger partial charge is 0.330 e. The van der Waals surface area contributed by atoms with Crippen molar-refractivity contribution in [1.82, 2.24) is 10.2 Å². The molecule has 0 aromatic carbocycles. The molecule has 0 aromatic heterocycles. The molecule has 5 heteroatoms. The molecule has 0 aromatic rings. The number of urea groups is 1. The third-order valence-corrected chi connectivity index (χ3v) is 4.44. The molecule has 1 N–H and O–H groups in total. The number of nitrogens with zero attached hydrogens (tertiary/aromatic N) is 1.